The van der Waals surface area contributed by atoms with Crippen LogP contribution in [0, 0.1) is 13.8 Å². The molecule has 4 heteroatoms. The fourth-order valence-corrected chi connectivity index (χ4v) is 2.07. The van der Waals surface area contributed by atoms with Crippen molar-refractivity contribution in [3.05, 3.63) is 47.0 Å². The lowest BCUT2D eigenvalue weighted by molar-refractivity contribution is 0.591. The van der Waals surface area contributed by atoms with Crippen molar-refractivity contribution in [3.63, 3.8) is 0 Å². The fourth-order valence-electron chi connectivity index (χ4n) is 2.07. The molecule has 1 aromatic heterocycles. The summed E-state index contributed by atoms with van der Waals surface area (Å²) in [6.45, 7) is 6.98. The van der Waals surface area contributed by atoms with Crippen LogP contribution in [0.5, 0.6) is 0 Å². The van der Waals surface area contributed by atoms with Crippen LogP contribution in [0.2, 0.25) is 0 Å². The lowest BCUT2D eigenvalue weighted by atomic mass is 9.99. The summed E-state index contributed by atoms with van der Waals surface area (Å²) < 4.78 is 1.84. The van der Waals surface area contributed by atoms with E-state index < -0.39 is 0 Å². The minimum atomic E-state index is -0.210. The highest BCUT2D eigenvalue weighted by Gasteiger charge is 2.16. The topological polar surface area (TPSA) is 56.7 Å². The summed E-state index contributed by atoms with van der Waals surface area (Å²) in [6.07, 6.45) is 1.56. The van der Waals surface area contributed by atoms with E-state index in [1.54, 1.807) is 6.33 Å². The van der Waals surface area contributed by atoms with Crippen LogP contribution in [-0.2, 0) is 6.54 Å². The van der Waals surface area contributed by atoms with Gasteiger partial charge >= 0.3 is 0 Å². The molecular formula is C13H18N4. The molecule has 0 bridgehead atoms. The third-order valence-corrected chi connectivity index (χ3v) is 2.98. The van der Waals surface area contributed by atoms with Gasteiger partial charge < -0.3 is 5.73 Å². The zero-order valence-electron chi connectivity index (χ0n) is 10.5. The van der Waals surface area contributed by atoms with Crippen LogP contribution < -0.4 is 5.73 Å². The van der Waals surface area contributed by atoms with E-state index in [0.29, 0.717) is 0 Å². The fraction of sp³-hybridized carbons (Fsp3) is 0.385. The first kappa shape index (κ1) is 11.8. The Hall–Kier alpha value is -1.68. The van der Waals surface area contributed by atoms with Crippen LogP contribution in [0.1, 0.15) is 35.5 Å². The van der Waals surface area contributed by atoms with Crippen molar-refractivity contribution in [2.24, 2.45) is 5.73 Å². The Balaban J connectivity index is 2.40. The van der Waals surface area contributed by atoms with Crippen LogP contribution in [0.25, 0.3) is 0 Å². The summed E-state index contributed by atoms with van der Waals surface area (Å²) in [5, 5.41) is 4.15. The maximum absolute atomic E-state index is 6.26. The molecule has 2 rings (SSSR count). The molecule has 0 saturated carbocycles. The second-order valence-corrected chi connectivity index (χ2v) is 4.27. The second kappa shape index (κ2) is 4.67. The number of hydrogen-bond acceptors (Lipinski definition) is 3. The molecular weight excluding hydrogens is 212 g/mol. The first-order valence-electron chi connectivity index (χ1n) is 5.84. The zero-order valence-corrected chi connectivity index (χ0v) is 10.5. The Labute approximate surface area is 101 Å². The molecule has 1 heterocycles. The molecule has 4 nitrogen and oxygen atoms in total. The Morgan fingerprint density at radius 1 is 1.35 bits per heavy atom. The van der Waals surface area contributed by atoms with Gasteiger partial charge in [-0.3, -0.25) is 0 Å². The maximum atomic E-state index is 6.26. The molecule has 0 aliphatic rings. The average Bonchev–Trinajstić information content (AvgIpc) is 2.76. The van der Waals surface area contributed by atoms with E-state index in [2.05, 4.69) is 42.1 Å². The van der Waals surface area contributed by atoms with Gasteiger partial charge in [0.15, 0.2) is 0 Å². The van der Waals surface area contributed by atoms with Crippen molar-refractivity contribution in [1.29, 1.82) is 0 Å². The number of aryl methyl sites for hydroxylation is 3. The van der Waals surface area contributed by atoms with Crippen LogP contribution in [0.15, 0.2) is 24.5 Å². The molecule has 2 aromatic rings. The monoisotopic (exact) mass is 230 g/mol. The summed E-state index contributed by atoms with van der Waals surface area (Å²) in [6, 6.07) is 6.08. The third kappa shape index (κ3) is 2.22. The molecule has 0 spiro atoms. The van der Waals surface area contributed by atoms with Gasteiger partial charge in [0, 0.05) is 6.54 Å². The van der Waals surface area contributed by atoms with E-state index >= 15 is 0 Å². The molecule has 17 heavy (non-hydrogen) atoms. The average molecular weight is 230 g/mol. The number of nitrogens with zero attached hydrogens (tertiary/aromatic N) is 3. The molecule has 90 valence electrons. The summed E-state index contributed by atoms with van der Waals surface area (Å²) in [5.41, 5.74) is 9.82. The Morgan fingerprint density at radius 2 is 2.12 bits per heavy atom. The van der Waals surface area contributed by atoms with Gasteiger partial charge in [-0.1, -0.05) is 23.8 Å². The van der Waals surface area contributed by atoms with Crippen molar-refractivity contribution >= 4 is 0 Å². The summed E-state index contributed by atoms with van der Waals surface area (Å²) in [5.74, 6) is 0.819. The lowest BCUT2D eigenvalue weighted by Crippen LogP contribution is -2.19. The van der Waals surface area contributed by atoms with Crippen LogP contribution in [-0.4, -0.2) is 14.8 Å². The number of aromatic nitrogens is 3. The minimum Gasteiger partial charge on any atom is -0.318 e. The van der Waals surface area contributed by atoms with Gasteiger partial charge in [-0.05, 0) is 31.9 Å². The van der Waals surface area contributed by atoms with Gasteiger partial charge in [-0.2, -0.15) is 5.10 Å². The normalized spacial score (nSPS) is 12.7. The Morgan fingerprint density at radius 3 is 2.76 bits per heavy atom. The highest BCUT2D eigenvalue weighted by molar-refractivity contribution is 5.35. The van der Waals surface area contributed by atoms with Crippen LogP contribution >= 0.6 is 0 Å². The van der Waals surface area contributed by atoms with Gasteiger partial charge in [0.2, 0.25) is 0 Å². The number of rotatable bonds is 3. The number of hydrogen-bond donors (Lipinski definition) is 1. The predicted octanol–water partition coefficient (Wildman–Crippen LogP) is 1.96. The van der Waals surface area contributed by atoms with Crippen molar-refractivity contribution in [1.82, 2.24) is 14.8 Å². The molecule has 0 saturated heterocycles. The summed E-state index contributed by atoms with van der Waals surface area (Å²) >= 11 is 0. The van der Waals surface area contributed by atoms with Crippen LogP contribution in [0.4, 0.5) is 0 Å². The number of nitrogens with two attached hydrogens (primary N) is 1. The van der Waals surface area contributed by atoms with Crippen molar-refractivity contribution in [2.75, 3.05) is 0 Å². The smallest absolute Gasteiger partial charge is 0.148 e. The third-order valence-electron chi connectivity index (χ3n) is 2.98. The van der Waals surface area contributed by atoms with Crippen molar-refractivity contribution < 1.29 is 0 Å². The first-order chi connectivity index (χ1) is 8.13. The van der Waals surface area contributed by atoms with Gasteiger partial charge in [-0.15, -0.1) is 0 Å². The van der Waals surface area contributed by atoms with E-state index in [9.17, 15) is 0 Å². The highest BCUT2D eigenvalue weighted by Crippen LogP contribution is 2.21. The van der Waals surface area contributed by atoms with Crippen molar-refractivity contribution in [3.8, 4) is 0 Å². The molecule has 0 aliphatic heterocycles. The largest absolute Gasteiger partial charge is 0.318 e. The molecule has 2 N–H and O–H groups in total. The quantitative estimate of drug-likeness (QED) is 0.877. The van der Waals surface area contributed by atoms with E-state index in [0.717, 1.165) is 17.9 Å². The molecule has 1 unspecified atom stereocenters. The lowest BCUT2D eigenvalue weighted by Gasteiger charge is -2.15. The van der Waals surface area contributed by atoms with E-state index in [1.807, 2.05) is 11.6 Å². The molecule has 1 aromatic carbocycles. The van der Waals surface area contributed by atoms with E-state index in [4.69, 9.17) is 5.73 Å². The van der Waals surface area contributed by atoms with E-state index in [1.165, 1.54) is 11.1 Å². The molecule has 0 aliphatic carbocycles. The first-order valence-corrected chi connectivity index (χ1v) is 5.84. The van der Waals surface area contributed by atoms with Gasteiger partial charge in [0.25, 0.3) is 0 Å². The zero-order chi connectivity index (χ0) is 12.4. The maximum Gasteiger partial charge on any atom is 0.148 e. The molecule has 0 radical (unpaired) electrons. The van der Waals surface area contributed by atoms with Crippen molar-refractivity contribution in [2.45, 2.75) is 33.4 Å². The van der Waals surface area contributed by atoms with Gasteiger partial charge in [-0.25, -0.2) is 9.67 Å². The number of benzene rings is 1. The Bertz CT molecular complexity index is 516. The van der Waals surface area contributed by atoms with E-state index in [-0.39, 0.29) is 6.04 Å². The summed E-state index contributed by atoms with van der Waals surface area (Å²) in [4.78, 5) is 4.25. The Kier molecular flexibility index (Phi) is 3.24. The van der Waals surface area contributed by atoms with Gasteiger partial charge in [0.05, 0.1) is 6.04 Å². The molecule has 0 fully saturated rings. The minimum absolute atomic E-state index is 0.210. The van der Waals surface area contributed by atoms with Gasteiger partial charge in [0.1, 0.15) is 12.2 Å². The molecule has 1 atom stereocenters. The summed E-state index contributed by atoms with van der Waals surface area (Å²) in [7, 11) is 0. The standard InChI is InChI=1S/C13H18N4/c1-4-17-13(15-8-16-17)12(14)11-6-5-9(2)7-10(11)3/h5-8,12H,4,14H2,1-3H3. The molecule has 0 amide bonds. The SMILES string of the molecule is CCn1ncnc1C(N)c1ccc(C)cc1C. The highest BCUT2D eigenvalue weighted by atomic mass is 15.3. The predicted molar refractivity (Wildman–Crippen MR) is 67.6 cm³/mol. The van der Waals surface area contributed by atoms with Crippen LogP contribution in [0.3, 0.4) is 0 Å². The second-order valence-electron chi connectivity index (χ2n) is 4.27.